The van der Waals surface area contributed by atoms with Gasteiger partial charge in [0.2, 0.25) is 0 Å². The molecule has 7 nitrogen and oxygen atoms in total. The van der Waals surface area contributed by atoms with Crippen molar-refractivity contribution in [3.05, 3.63) is 44.8 Å². The molecule has 0 heterocycles. The van der Waals surface area contributed by atoms with Crippen LogP contribution in [0.2, 0.25) is 10.0 Å². The van der Waals surface area contributed by atoms with Crippen molar-refractivity contribution >= 4 is 62.1 Å². The number of carbonyl (C=O) groups is 1. The Hall–Kier alpha value is -1.52. The van der Waals surface area contributed by atoms with Gasteiger partial charge in [-0.1, -0.05) is 39.1 Å². The van der Waals surface area contributed by atoms with Crippen molar-refractivity contribution in [1.82, 2.24) is 0 Å². The van der Waals surface area contributed by atoms with Crippen molar-refractivity contribution in [2.75, 3.05) is 18.5 Å². The molecule has 1 fully saturated rings. The summed E-state index contributed by atoms with van der Waals surface area (Å²) in [5.74, 6) is 0.0541. The number of halogens is 3. The first-order valence-electron chi connectivity index (χ1n) is 8.22. The number of methoxy groups -OCH3 is 2. The summed E-state index contributed by atoms with van der Waals surface area (Å²) in [7, 11) is 2.61. The molecule has 0 radical (unpaired) electrons. The Bertz CT molecular complexity index is 962. The summed E-state index contributed by atoms with van der Waals surface area (Å²) in [5.41, 5.74) is -1.18. The maximum atomic E-state index is 12.3. The van der Waals surface area contributed by atoms with Gasteiger partial charge in [-0.05, 0) is 37.1 Å². The van der Waals surface area contributed by atoms with Crippen LogP contribution in [0.25, 0.3) is 0 Å². The van der Waals surface area contributed by atoms with Gasteiger partial charge in [-0.2, -0.15) is 0 Å². The maximum absolute atomic E-state index is 12.3. The number of carbonyl (C=O) groups excluding carboxylic acids is 1. The van der Waals surface area contributed by atoms with Crippen LogP contribution < -0.4 is 13.8 Å². The molecule has 2 aromatic rings. The molecule has 0 saturated heterocycles. The van der Waals surface area contributed by atoms with Gasteiger partial charge in [0.05, 0.1) is 30.0 Å². The molecule has 11 heteroatoms. The monoisotopic (exact) mass is 522 g/mol. The smallest absolute Gasteiger partial charge is 0.332 e. The summed E-state index contributed by atoms with van der Waals surface area (Å²) in [4.78, 5) is 12.3. The lowest BCUT2D eigenvalue weighted by Crippen LogP contribution is -2.45. The molecule has 1 aliphatic rings. The molecule has 3 rings (SSSR count). The lowest BCUT2D eigenvalue weighted by Gasteiger charge is -2.34. The lowest BCUT2D eigenvalue weighted by atomic mass is 10.2. The largest absolute Gasteiger partial charge is 0.755 e. The molecule has 156 valence electrons. The quantitative estimate of drug-likeness (QED) is 0.380. The van der Waals surface area contributed by atoms with E-state index in [0.29, 0.717) is 17.3 Å². The molecule has 0 spiro atoms. The van der Waals surface area contributed by atoms with Crippen molar-refractivity contribution in [1.29, 1.82) is 0 Å². The Morgan fingerprint density at radius 1 is 1.21 bits per heavy atom. The average molecular weight is 524 g/mol. The van der Waals surface area contributed by atoms with Crippen LogP contribution in [0.15, 0.2) is 34.8 Å². The van der Waals surface area contributed by atoms with E-state index in [1.54, 1.807) is 18.2 Å². The summed E-state index contributed by atoms with van der Waals surface area (Å²) in [6.07, 6.45) is 0.651. The second kappa shape index (κ2) is 8.69. The van der Waals surface area contributed by atoms with Crippen LogP contribution in [0.3, 0.4) is 0 Å². The summed E-state index contributed by atoms with van der Waals surface area (Å²) >= 11 is 12.9. The van der Waals surface area contributed by atoms with E-state index in [1.165, 1.54) is 26.4 Å². The minimum absolute atomic E-state index is 0.130. The third-order valence-corrected chi connectivity index (χ3v) is 6.24. The Morgan fingerprint density at radius 3 is 2.31 bits per heavy atom. The molecule has 2 aromatic carbocycles. The SMILES string of the molecule is COC(=O)C1(N(c2cc(Oc3c(Cl)cc(Br)cc3Cl)ccc2OC)S(=O)[O-])CC1. The van der Waals surface area contributed by atoms with Crippen LogP contribution in [-0.4, -0.2) is 34.5 Å². The van der Waals surface area contributed by atoms with Crippen LogP contribution in [0.5, 0.6) is 17.2 Å². The van der Waals surface area contributed by atoms with Crippen LogP contribution >= 0.6 is 39.1 Å². The van der Waals surface area contributed by atoms with E-state index in [0.717, 1.165) is 4.31 Å². The summed E-state index contributed by atoms with van der Waals surface area (Å²) < 4.78 is 41.7. The summed E-state index contributed by atoms with van der Waals surface area (Å²) in [6, 6.07) is 7.76. The zero-order chi connectivity index (χ0) is 21.3. The molecular formula is C18H15BrCl2NO6S-. The third kappa shape index (κ3) is 4.34. The van der Waals surface area contributed by atoms with Crippen molar-refractivity contribution < 1.29 is 27.8 Å². The number of hydrogen-bond donors (Lipinski definition) is 0. The number of rotatable bonds is 7. The Morgan fingerprint density at radius 2 is 1.83 bits per heavy atom. The molecular weight excluding hydrogens is 509 g/mol. The Labute approximate surface area is 188 Å². The van der Waals surface area contributed by atoms with Gasteiger partial charge in [-0.25, -0.2) is 4.79 Å². The van der Waals surface area contributed by atoms with Crippen molar-refractivity contribution in [3.63, 3.8) is 0 Å². The predicted molar refractivity (Wildman–Crippen MR) is 113 cm³/mol. The van der Waals surface area contributed by atoms with Crippen LogP contribution in [0.4, 0.5) is 5.69 Å². The Kier molecular flexibility index (Phi) is 6.64. The second-order valence-corrected chi connectivity index (χ2v) is 8.70. The third-order valence-electron chi connectivity index (χ3n) is 4.38. The molecule has 0 bridgehead atoms. The molecule has 1 unspecified atom stereocenters. The number of hydrogen-bond acceptors (Lipinski definition) is 6. The summed E-state index contributed by atoms with van der Waals surface area (Å²) in [6.45, 7) is 0. The van der Waals surface area contributed by atoms with Gasteiger partial charge in [-0.15, -0.1) is 0 Å². The van der Waals surface area contributed by atoms with E-state index >= 15 is 0 Å². The highest BCUT2D eigenvalue weighted by Crippen LogP contribution is 2.49. The maximum Gasteiger partial charge on any atom is 0.332 e. The van der Waals surface area contributed by atoms with E-state index in [4.69, 9.17) is 37.4 Å². The molecule has 0 aromatic heterocycles. The Balaban J connectivity index is 2.06. The number of nitrogens with zero attached hydrogens (tertiary/aromatic N) is 1. The normalized spacial score (nSPS) is 15.4. The number of anilines is 1. The average Bonchev–Trinajstić information content (AvgIpc) is 3.45. The van der Waals surface area contributed by atoms with Crippen molar-refractivity contribution in [2.45, 2.75) is 18.4 Å². The number of benzene rings is 2. The number of esters is 1. The van der Waals surface area contributed by atoms with E-state index in [2.05, 4.69) is 15.9 Å². The highest BCUT2D eigenvalue weighted by molar-refractivity contribution is 9.10. The molecule has 1 atom stereocenters. The predicted octanol–water partition coefficient (Wildman–Crippen LogP) is 4.86. The molecule has 0 aliphatic heterocycles. The van der Waals surface area contributed by atoms with Crippen molar-refractivity contribution in [2.24, 2.45) is 0 Å². The van der Waals surface area contributed by atoms with Gasteiger partial charge < -0.3 is 18.8 Å². The topological polar surface area (TPSA) is 88.1 Å². The fourth-order valence-corrected chi connectivity index (χ4v) is 5.02. The van der Waals surface area contributed by atoms with Crippen LogP contribution in [0.1, 0.15) is 12.8 Å². The first-order chi connectivity index (χ1) is 13.7. The molecule has 1 saturated carbocycles. The first kappa shape index (κ1) is 22.2. The highest BCUT2D eigenvalue weighted by atomic mass is 79.9. The summed E-state index contributed by atoms with van der Waals surface area (Å²) in [5, 5.41) is 0.526. The van der Waals surface area contributed by atoms with E-state index in [-0.39, 0.29) is 33.0 Å². The van der Waals surface area contributed by atoms with Gasteiger partial charge in [0, 0.05) is 21.8 Å². The molecule has 1 aliphatic carbocycles. The van der Waals surface area contributed by atoms with Gasteiger partial charge in [-0.3, -0.25) is 8.51 Å². The van der Waals surface area contributed by atoms with E-state index < -0.39 is 22.8 Å². The molecule has 0 N–H and O–H groups in total. The van der Waals surface area contributed by atoms with Gasteiger partial charge in [0.1, 0.15) is 17.0 Å². The molecule has 29 heavy (non-hydrogen) atoms. The lowest BCUT2D eigenvalue weighted by molar-refractivity contribution is -0.143. The van der Waals surface area contributed by atoms with Gasteiger partial charge in [0.15, 0.2) is 5.75 Å². The fraction of sp³-hybridized carbons (Fsp3) is 0.278. The van der Waals surface area contributed by atoms with Gasteiger partial charge in [0.25, 0.3) is 0 Å². The molecule has 0 amide bonds. The van der Waals surface area contributed by atoms with Gasteiger partial charge >= 0.3 is 5.97 Å². The van der Waals surface area contributed by atoms with Crippen molar-refractivity contribution in [3.8, 4) is 17.2 Å². The fourth-order valence-electron chi connectivity index (χ4n) is 2.89. The first-order valence-corrected chi connectivity index (χ1v) is 10.8. The number of ether oxygens (including phenoxy) is 3. The van der Waals surface area contributed by atoms with Crippen LogP contribution in [-0.2, 0) is 20.8 Å². The second-order valence-electron chi connectivity index (χ2n) is 6.17. The zero-order valence-corrected chi connectivity index (χ0v) is 19.2. The minimum Gasteiger partial charge on any atom is -0.755 e. The van der Waals surface area contributed by atoms with Crippen LogP contribution in [0, 0.1) is 0 Å². The highest BCUT2D eigenvalue weighted by Gasteiger charge is 2.57. The minimum atomic E-state index is -2.77. The zero-order valence-electron chi connectivity index (χ0n) is 15.2. The standard InChI is InChI=1S/C18H16BrCl2NO6S/c1-26-15-4-3-11(28-16-12(20)7-10(19)8-13(16)21)9-14(15)22(29(24)25)18(5-6-18)17(23)27-2/h3-4,7-9H,5-6H2,1-2H3,(H,24,25)/p-1. The van der Waals surface area contributed by atoms with E-state index in [1.807, 2.05) is 0 Å². The van der Waals surface area contributed by atoms with E-state index in [9.17, 15) is 13.6 Å².